The van der Waals surface area contributed by atoms with Gasteiger partial charge in [0.1, 0.15) is 5.82 Å². The summed E-state index contributed by atoms with van der Waals surface area (Å²) in [5.41, 5.74) is 1.24. The van der Waals surface area contributed by atoms with E-state index in [2.05, 4.69) is 9.36 Å². The lowest BCUT2D eigenvalue weighted by Gasteiger charge is -2.20. The number of rotatable bonds is 4. The number of carbonyl (C=O) groups excluding carboxylic acids is 1. The fourth-order valence-corrected chi connectivity index (χ4v) is 2.49. The van der Waals surface area contributed by atoms with Gasteiger partial charge in [-0.05, 0) is 24.4 Å². The Balaban J connectivity index is 2.21. The van der Waals surface area contributed by atoms with E-state index in [1.54, 1.807) is 18.5 Å². The molecule has 2 aromatic rings. The van der Waals surface area contributed by atoms with E-state index in [1.807, 2.05) is 31.7 Å². The SMILES string of the molecule is Cc1nscc1C(=O)O[C@@H](c1nccn1C)C(C)C. The van der Waals surface area contributed by atoms with Gasteiger partial charge in [0.25, 0.3) is 0 Å². The van der Waals surface area contributed by atoms with E-state index < -0.39 is 0 Å². The third-order valence-electron chi connectivity index (χ3n) is 2.92. The van der Waals surface area contributed by atoms with E-state index in [1.165, 1.54) is 11.5 Å². The number of carbonyl (C=O) groups is 1. The van der Waals surface area contributed by atoms with Gasteiger partial charge in [0.05, 0.1) is 11.3 Å². The molecule has 0 radical (unpaired) electrons. The van der Waals surface area contributed by atoms with Crippen LogP contribution < -0.4 is 0 Å². The smallest absolute Gasteiger partial charge is 0.341 e. The van der Waals surface area contributed by atoms with Crippen molar-refractivity contribution in [2.75, 3.05) is 0 Å². The molecule has 19 heavy (non-hydrogen) atoms. The van der Waals surface area contributed by atoms with Crippen LogP contribution in [-0.2, 0) is 11.8 Å². The van der Waals surface area contributed by atoms with Crippen LogP contribution in [0.15, 0.2) is 17.8 Å². The van der Waals surface area contributed by atoms with Gasteiger partial charge in [-0.15, -0.1) is 0 Å². The van der Waals surface area contributed by atoms with Crippen LogP contribution in [0.3, 0.4) is 0 Å². The lowest BCUT2D eigenvalue weighted by atomic mass is 10.1. The molecule has 1 atom stereocenters. The first kappa shape index (κ1) is 13.7. The molecule has 0 N–H and O–H groups in total. The number of aromatic nitrogens is 3. The highest BCUT2D eigenvalue weighted by molar-refractivity contribution is 7.03. The Morgan fingerprint density at radius 1 is 1.47 bits per heavy atom. The van der Waals surface area contributed by atoms with Crippen LogP contribution in [0, 0.1) is 12.8 Å². The van der Waals surface area contributed by atoms with Crippen molar-refractivity contribution < 1.29 is 9.53 Å². The summed E-state index contributed by atoms with van der Waals surface area (Å²) in [6, 6.07) is 0. The maximum absolute atomic E-state index is 12.2. The number of hydrogen-bond acceptors (Lipinski definition) is 5. The van der Waals surface area contributed by atoms with Crippen molar-refractivity contribution in [1.82, 2.24) is 13.9 Å². The third kappa shape index (κ3) is 2.84. The largest absolute Gasteiger partial charge is 0.450 e. The van der Waals surface area contributed by atoms with Crippen molar-refractivity contribution in [2.45, 2.75) is 26.9 Å². The minimum absolute atomic E-state index is 0.150. The first-order valence-electron chi connectivity index (χ1n) is 6.10. The van der Waals surface area contributed by atoms with Crippen LogP contribution in [0.4, 0.5) is 0 Å². The van der Waals surface area contributed by atoms with Gasteiger partial charge in [0.2, 0.25) is 0 Å². The zero-order valence-corrected chi connectivity index (χ0v) is 12.3. The molecule has 2 aromatic heterocycles. The molecule has 102 valence electrons. The monoisotopic (exact) mass is 279 g/mol. The summed E-state index contributed by atoms with van der Waals surface area (Å²) in [5.74, 6) is 0.564. The van der Waals surface area contributed by atoms with Gasteiger partial charge in [0.15, 0.2) is 6.10 Å². The van der Waals surface area contributed by atoms with E-state index in [0.29, 0.717) is 11.3 Å². The van der Waals surface area contributed by atoms with Crippen LogP contribution in [0.5, 0.6) is 0 Å². The number of esters is 1. The molecule has 0 amide bonds. The minimum atomic E-state index is -0.355. The molecule has 0 saturated carbocycles. The molecule has 6 heteroatoms. The quantitative estimate of drug-likeness (QED) is 0.807. The van der Waals surface area contributed by atoms with E-state index in [-0.39, 0.29) is 18.0 Å². The molecule has 0 aliphatic rings. The van der Waals surface area contributed by atoms with E-state index >= 15 is 0 Å². The van der Waals surface area contributed by atoms with Gasteiger partial charge in [0, 0.05) is 24.8 Å². The lowest BCUT2D eigenvalue weighted by Crippen LogP contribution is -2.19. The minimum Gasteiger partial charge on any atom is -0.450 e. The second-order valence-electron chi connectivity index (χ2n) is 4.78. The Hall–Kier alpha value is -1.69. The van der Waals surface area contributed by atoms with Gasteiger partial charge >= 0.3 is 5.97 Å². The van der Waals surface area contributed by atoms with E-state index in [0.717, 1.165) is 5.82 Å². The Bertz CT molecular complexity index is 574. The Morgan fingerprint density at radius 2 is 2.21 bits per heavy atom. The first-order chi connectivity index (χ1) is 9.00. The first-order valence-corrected chi connectivity index (χ1v) is 6.93. The zero-order chi connectivity index (χ0) is 14.0. The maximum atomic E-state index is 12.2. The molecular weight excluding hydrogens is 262 g/mol. The summed E-state index contributed by atoms with van der Waals surface area (Å²) in [7, 11) is 1.89. The van der Waals surface area contributed by atoms with Crippen LogP contribution >= 0.6 is 11.5 Å². The van der Waals surface area contributed by atoms with Crippen molar-refractivity contribution in [3.05, 3.63) is 34.9 Å². The molecular formula is C13H17N3O2S. The third-order valence-corrected chi connectivity index (χ3v) is 3.64. The molecule has 0 aromatic carbocycles. The molecule has 0 aliphatic carbocycles. The summed E-state index contributed by atoms with van der Waals surface area (Å²) >= 11 is 1.26. The lowest BCUT2D eigenvalue weighted by molar-refractivity contribution is 0.0141. The van der Waals surface area contributed by atoms with Crippen molar-refractivity contribution in [3.8, 4) is 0 Å². The average molecular weight is 279 g/mol. The second-order valence-corrected chi connectivity index (χ2v) is 5.41. The number of nitrogens with zero attached hydrogens (tertiary/aromatic N) is 3. The summed E-state index contributed by atoms with van der Waals surface area (Å²) in [6.07, 6.45) is 3.19. The Morgan fingerprint density at radius 3 is 2.68 bits per heavy atom. The summed E-state index contributed by atoms with van der Waals surface area (Å²) < 4.78 is 11.6. The van der Waals surface area contributed by atoms with Crippen LogP contribution in [-0.4, -0.2) is 19.9 Å². The molecule has 0 aliphatic heterocycles. The highest BCUT2D eigenvalue weighted by atomic mass is 32.1. The van der Waals surface area contributed by atoms with Crippen LogP contribution in [0.2, 0.25) is 0 Å². The standard InChI is InChI=1S/C13H17N3O2S/c1-8(2)11(12-14-5-6-16(12)4)18-13(17)10-7-19-15-9(10)3/h5-8,11H,1-4H3/t11-/m1/s1. The van der Waals surface area contributed by atoms with Crippen molar-refractivity contribution >= 4 is 17.5 Å². The van der Waals surface area contributed by atoms with Crippen molar-refractivity contribution in [2.24, 2.45) is 13.0 Å². The van der Waals surface area contributed by atoms with Crippen molar-refractivity contribution in [3.63, 3.8) is 0 Å². The number of hydrogen-bond donors (Lipinski definition) is 0. The number of ether oxygens (including phenoxy) is 1. The Labute approximate surface area is 116 Å². The molecule has 0 saturated heterocycles. The molecule has 0 unspecified atom stereocenters. The topological polar surface area (TPSA) is 57.0 Å². The molecule has 2 heterocycles. The highest BCUT2D eigenvalue weighted by Crippen LogP contribution is 2.26. The van der Waals surface area contributed by atoms with Gasteiger partial charge in [-0.1, -0.05) is 13.8 Å². The van der Waals surface area contributed by atoms with Gasteiger partial charge in [-0.2, -0.15) is 4.37 Å². The summed E-state index contributed by atoms with van der Waals surface area (Å²) in [6.45, 7) is 5.81. The average Bonchev–Trinajstić information content (AvgIpc) is 2.94. The van der Waals surface area contributed by atoms with Gasteiger partial charge in [-0.25, -0.2) is 9.78 Å². The fourth-order valence-electron chi connectivity index (χ4n) is 1.81. The fraction of sp³-hybridized carbons (Fsp3) is 0.462. The van der Waals surface area contributed by atoms with Gasteiger partial charge < -0.3 is 9.30 Å². The molecule has 0 bridgehead atoms. The van der Waals surface area contributed by atoms with Gasteiger partial charge in [-0.3, -0.25) is 0 Å². The molecule has 0 spiro atoms. The number of aryl methyl sites for hydroxylation is 2. The molecule has 0 fully saturated rings. The van der Waals surface area contributed by atoms with Crippen molar-refractivity contribution in [1.29, 1.82) is 0 Å². The van der Waals surface area contributed by atoms with E-state index in [4.69, 9.17) is 4.74 Å². The Kier molecular flexibility index (Phi) is 3.99. The zero-order valence-electron chi connectivity index (χ0n) is 11.5. The molecule has 5 nitrogen and oxygen atoms in total. The maximum Gasteiger partial charge on any atom is 0.341 e. The second kappa shape index (κ2) is 5.52. The summed E-state index contributed by atoms with van der Waals surface area (Å²) in [5, 5.41) is 1.72. The summed E-state index contributed by atoms with van der Waals surface area (Å²) in [4.78, 5) is 16.4. The van der Waals surface area contributed by atoms with Crippen LogP contribution in [0.1, 0.15) is 41.8 Å². The van der Waals surface area contributed by atoms with E-state index in [9.17, 15) is 4.79 Å². The predicted molar refractivity (Wildman–Crippen MR) is 73.1 cm³/mol. The molecule has 2 rings (SSSR count). The normalized spacial score (nSPS) is 12.7. The highest BCUT2D eigenvalue weighted by Gasteiger charge is 2.26. The van der Waals surface area contributed by atoms with Crippen LogP contribution in [0.25, 0.3) is 0 Å². The number of imidazole rings is 1. The predicted octanol–water partition coefficient (Wildman–Crippen LogP) is 2.74.